The molecular weight excluding hydrogens is 367 g/mol. The van der Waals surface area contributed by atoms with E-state index in [1.807, 2.05) is 31.2 Å². The maximum atomic E-state index is 12.7. The Labute approximate surface area is 161 Å². The minimum Gasteiger partial charge on any atom is -0.491 e. The van der Waals surface area contributed by atoms with Crippen LogP contribution in [-0.4, -0.2) is 16.3 Å². The summed E-state index contributed by atoms with van der Waals surface area (Å²) in [5.74, 6) is 0.787. The van der Waals surface area contributed by atoms with Crippen LogP contribution >= 0.6 is 0 Å². The van der Waals surface area contributed by atoms with Gasteiger partial charge in [-0.1, -0.05) is 25.1 Å². The third kappa shape index (κ3) is 4.85. The molecule has 0 radical (unpaired) electrons. The minimum absolute atomic E-state index is 0.135. The van der Waals surface area contributed by atoms with Crippen LogP contribution in [0.1, 0.15) is 31.4 Å². The molecule has 2 N–H and O–H groups in total. The van der Waals surface area contributed by atoms with Crippen molar-refractivity contribution < 1.29 is 17.9 Å². The summed E-state index contributed by atoms with van der Waals surface area (Å²) in [6.07, 6.45) is -1.56. The van der Waals surface area contributed by atoms with E-state index < -0.39 is 11.7 Å². The smallest absolute Gasteiger partial charge is 0.416 e. The number of nitrogens with zero attached hydrogens (tertiary/aromatic N) is 1. The first-order chi connectivity index (χ1) is 13.4. The SMILES string of the molecule is CCC(C)Oc1cccc(NCc2c[nH]nc2-c2ccc(C(F)(F)F)cc2)c1. The van der Waals surface area contributed by atoms with Gasteiger partial charge in [0, 0.05) is 35.6 Å². The van der Waals surface area contributed by atoms with Gasteiger partial charge in [-0.05, 0) is 37.6 Å². The van der Waals surface area contributed by atoms with E-state index in [0.717, 1.165) is 35.6 Å². The lowest BCUT2D eigenvalue weighted by atomic mass is 10.1. The van der Waals surface area contributed by atoms with E-state index in [1.165, 1.54) is 12.1 Å². The second-order valence-electron chi connectivity index (χ2n) is 6.55. The van der Waals surface area contributed by atoms with Gasteiger partial charge in [-0.3, -0.25) is 5.10 Å². The Morgan fingerprint density at radius 3 is 2.57 bits per heavy atom. The van der Waals surface area contributed by atoms with E-state index in [0.29, 0.717) is 17.8 Å². The van der Waals surface area contributed by atoms with Gasteiger partial charge >= 0.3 is 6.18 Å². The van der Waals surface area contributed by atoms with Crippen LogP contribution in [0, 0.1) is 0 Å². The zero-order chi connectivity index (χ0) is 20.1. The van der Waals surface area contributed by atoms with Gasteiger partial charge in [0.25, 0.3) is 0 Å². The monoisotopic (exact) mass is 389 g/mol. The van der Waals surface area contributed by atoms with Gasteiger partial charge in [0.15, 0.2) is 0 Å². The lowest BCUT2D eigenvalue weighted by Gasteiger charge is -2.14. The molecule has 7 heteroatoms. The normalized spacial score (nSPS) is 12.6. The summed E-state index contributed by atoms with van der Waals surface area (Å²) in [4.78, 5) is 0. The molecule has 2 aromatic carbocycles. The molecule has 148 valence electrons. The van der Waals surface area contributed by atoms with Gasteiger partial charge in [0.2, 0.25) is 0 Å². The summed E-state index contributed by atoms with van der Waals surface area (Å²) in [6, 6.07) is 12.7. The molecule has 0 aliphatic carbocycles. The molecule has 0 saturated heterocycles. The van der Waals surface area contributed by atoms with Gasteiger partial charge in [0.1, 0.15) is 5.75 Å². The first-order valence-corrected chi connectivity index (χ1v) is 9.07. The molecule has 3 rings (SSSR count). The van der Waals surface area contributed by atoms with Crippen molar-refractivity contribution >= 4 is 5.69 Å². The number of H-pyrrole nitrogens is 1. The average molecular weight is 389 g/mol. The Morgan fingerprint density at radius 2 is 1.89 bits per heavy atom. The molecule has 0 bridgehead atoms. The average Bonchev–Trinajstić information content (AvgIpc) is 3.14. The van der Waals surface area contributed by atoms with E-state index in [-0.39, 0.29) is 6.10 Å². The highest BCUT2D eigenvalue weighted by molar-refractivity contribution is 5.63. The van der Waals surface area contributed by atoms with Gasteiger partial charge in [-0.15, -0.1) is 0 Å². The maximum Gasteiger partial charge on any atom is 0.416 e. The lowest BCUT2D eigenvalue weighted by molar-refractivity contribution is -0.137. The molecule has 4 nitrogen and oxygen atoms in total. The standard InChI is InChI=1S/C21H22F3N3O/c1-3-14(2)28-19-6-4-5-18(11-19)25-12-16-13-26-27-20(16)15-7-9-17(10-8-15)21(22,23)24/h4-11,13-14,25H,3,12H2,1-2H3,(H,26,27). The predicted molar refractivity (Wildman–Crippen MR) is 103 cm³/mol. The topological polar surface area (TPSA) is 49.9 Å². The second kappa shape index (κ2) is 8.37. The predicted octanol–water partition coefficient (Wildman–Crippen LogP) is 5.88. The molecule has 1 atom stereocenters. The molecule has 0 fully saturated rings. The van der Waals surface area contributed by atoms with E-state index in [9.17, 15) is 13.2 Å². The number of benzene rings is 2. The van der Waals surface area contributed by atoms with Crippen molar-refractivity contribution in [3.8, 4) is 17.0 Å². The van der Waals surface area contributed by atoms with Crippen LogP contribution in [0.15, 0.2) is 54.7 Å². The second-order valence-corrected chi connectivity index (χ2v) is 6.55. The van der Waals surface area contributed by atoms with Crippen LogP contribution in [0.3, 0.4) is 0 Å². The number of halogens is 3. The molecular formula is C21H22F3N3O. The lowest BCUT2D eigenvalue weighted by Crippen LogP contribution is -2.09. The molecule has 1 unspecified atom stereocenters. The van der Waals surface area contributed by atoms with Crippen LogP contribution in [0.4, 0.5) is 18.9 Å². The first kappa shape index (κ1) is 19.8. The number of nitrogens with one attached hydrogen (secondary N) is 2. The van der Waals surface area contributed by atoms with Gasteiger partial charge in [-0.2, -0.15) is 18.3 Å². The Hall–Kier alpha value is -2.96. The summed E-state index contributed by atoms with van der Waals surface area (Å²) in [7, 11) is 0. The van der Waals surface area contributed by atoms with Crippen LogP contribution in [0.2, 0.25) is 0 Å². The summed E-state index contributed by atoms with van der Waals surface area (Å²) in [5.41, 5.74) is 2.31. The molecule has 1 aromatic heterocycles. The number of alkyl halides is 3. The number of anilines is 1. The maximum absolute atomic E-state index is 12.7. The molecule has 0 amide bonds. The van der Waals surface area contributed by atoms with Crippen molar-refractivity contribution in [1.29, 1.82) is 0 Å². The fourth-order valence-electron chi connectivity index (χ4n) is 2.71. The minimum atomic E-state index is -4.35. The summed E-state index contributed by atoms with van der Waals surface area (Å²) in [5, 5.41) is 10.3. The van der Waals surface area contributed by atoms with Crippen molar-refractivity contribution in [2.24, 2.45) is 0 Å². The number of hydrogen-bond donors (Lipinski definition) is 2. The van der Waals surface area contributed by atoms with Crippen molar-refractivity contribution in [1.82, 2.24) is 10.2 Å². The molecule has 0 aliphatic rings. The molecule has 1 heterocycles. The van der Waals surface area contributed by atoms with E-state index >= 15 is 0 Å². The van der Waals surface area contributed by atoms with E-state index in [1.54, 1.807) is 6.20 Å². The molecule has 0 saturated carbocycles. The highest BCUT2D eigenvalue weighted by Crippen LogP contribution is 2.31. The quantitative estimate of drug-likeness (QED) is 0.530. The highest BCUT2D eigenvalue weighted by Gasteiger charge is 2.30. The van der Waals surface area contributed by atoms with Crippen LogP contribution in [-0.2, 0) is 12.7 Å². The summed E-state index contributed by atoms with van der Waals surface area (Å²) < 4.78 is 44.0. The van der Waals surface area contributed by atoms with Crippen LogP contribution in [0.25, 0.3) is 11.3 Å². The van der Waals surface area contributed by atoms with Crippen LogP contribution < -0.4 is 10.1 Å². The van der Waals surface area contributed by atoms with E-state index in [2.05, 4.69) is 22.4 Å². The van der Waals surface area contributed by atoms with E-state index in [4.69, 9.17) is 4.74 Å². The molecule has 0 aliphatic heterocycles. The van der Waals surface area contributed by atoms with Gasteiger partial charge in [-0.25, -0.2) is 0 Å². The van der Waals surface area contributed by atoms with Crippen molar-refractivity contribution in [2.45, 2.75) is 39.1 Å². The zero-order valence-electron chi connectivity index (χ0n) is 15.7. The molecule has 28 heavy (non-hydrogen) atoms. The fourth-order valence-corrected chi connectivity index (χ4v) is 2.71. The fraction of sp³-hybridized carbons (Fsp3) is 0.286. The summed E-state index contributed by atoms with van der Waals surface area (Å²) in [6.45, 7) is 4.55. The van der Waals surface area contributed by atoms with Crippen molar-refractivity contribution in [3.63, 3.8) is 0 Å². The number of rotatable bonds is 7. The Bertz CT molecular complexity index is 904. The van der Waals surface area contributed by atoms with Crippen molar-refractivity contribution in [2.75, 3.05) is 5.32 Å². The number of ether oxygens (including phenoxy) is 1. The van der Waals surface area contributed by atoms with Gasteiger partial charge < -0.3 is 10.1 Å². The molecule has 3 aromatic rings. The summed E-state index contributed by atoms with van der Waals surface area (Å²) >= 11 is 0. The molecule has 0 spiro atoms. The third-order valence-corrected chi connectivity index (χ3v) is 4.43. The third-order valence-electron chi connectivity index (χ3n) is 4.43. The Balaban J connectivity index is 1.70. The Kier molecular flexibility index (Phi) is 5.92. The first-order valence-electron chi connectivity index (χ1n) is 9.07. The highest BCUT2D eigenvalue weighted by atomic mass is 19.4. The number of hydrogen-bond acceptors (Lipinski definition) is 3. The van der Waals surface area contributed by atoms with Crippen LogP contribution in [0.5, 0.6) is 5.75 Å². The largest absolute Gasteiger partial charge is 0.491 e. The van der Waals surface area contributed by atoms with Gasteiger partial charge in [0.05, 0.1) is 17.4 Å². The number of aromatic nitrogens is 2. The van der Waals surface area contributed by atoms with Crippen molar-refractivity contribution in [3.05, 3.63) is 65.9 Å². The Morgan fingerprint density at radius 1 is 1.14 bits per heavy atom. The zero-order valence-corrected chi connectivity index (χ0v) is 15.7. The number of aromatic amines is 1.